The van der Waals surface area contributed by atoms with E-state index >= 15 is 0 Å². The Morgan fingerprint density at radius 2 is 2.04 bits per heavy atom. The summed E-state index contributed by atoms with van der Waals surface area (Å²) >= 11 is 1.58. The standard InChI is InChI=1S/C18H19N3O3S/c1-3-23-12-7-8-16(24-4-2)13(10-12)19-18(22)15-11-14(20-21-15)17-6-5-9-25-17/h5-11H,3-4H2,1-2H3,(H,19,22)(H,20,21). The molecule has 0 aliphatic carbocycles. The molecule has 0 saturated carbocycles. The summed E-state index contributed by atoms with van der Waals surface area (Å²) < 4.78 is 11.1. The molecule has 25 heavy (non-hydrogen) atoms. The summed E-state index contributed by atoms with van der Waals surface area (Å²) in [6.07, 6.45) is 0. The number of nitrogens with one attached hydrogen (secondary N) is 2. The second kappa shape index (κ2) is 7.85. The van der Waals surface area contributed by atoms with Crippen molar-refractivity contribution in [2.24, 2.45) is 0 Å². The molecule has 0 aliphatic heterocycles. The quantitative estimate of drug-likeness (QED) is 0.665. The topological polar surface area (TPSA) is 76.2 Å². The summed E-state index contributed by atoms with van der Waals surface area (Å²) in [5.74, 6) is 0.949. The normalized spacial score (nSPS) is 10.5. The molecule has 0 bridgehead atoms. The van der Waals surface area contributed by atoms with E-state index in [4.69, 9.17) is 9.47 Å². The molecule has 3 rings (SSSR count). The predicted molar refractivity (Wildman–Crippen MR) is 98.6 cm³/mol. The maximum atomic E-state index is 12.5. The minimum atomic E-state index is -0.311. The second-order valence-electron chi connectivity index (χ2n) is 5.12. The number of benzene rings is 1. The summed E-state index contributed by atoms with van der Waals surface area (Å²) in [7, 11) is 0. The van der Waals surface area contributed by atoms with Crippen molar-refractivity contribution in [3.05, 3.63) is 47.5 Å². The first kappa shape index (κ1) is 17.0. The van der Waals surface area contributed by atoms with E-state index in [0.717, 1.165) is 10.6 Å². The number of carbonyl (C=O) groups is 1. The molecule has 0 unspecified atom stereocenters. The molecule has 6 nitrogen and oxygen atoms in total. The second-order valence-corrected chi connectivity index (χ2v) is 6.07. The molecule has 1 aromatic carbocycles. The zero-order chi connectivity index (χ0) is 17.6. The lowest BCUT2D eigenvalue weighted by atomic mass is 10.2. The third kappa shape index (κ3) is 4.00. The minimum absolute atomic E-state index is 0.311. The number of hydrogen-bond donors (Lipinski definition) is 2. The van der Waals surface area contributed by atoms with Crippen molar-refractivity contribution in [1.29, 1.82) is 0 Å². The molecule has 2 heterocycles. The molecule has 0 aliphatic rings. The van der Waals surface area contributed by atoms with Gasteiger partial charge < -0.3 is 14.8 Å². The monoisotopic (exact) mass is 357 g/mol. The highest BCUT2D eigenvalue weighted by molar-refractivity contribution is 7.13. The lowest BCUT2D eigenvalue weighted by Crippen LogP contribution is -2.13. The summed E-state index contributed by atoms with van der Waals surface area (Å²) in [5.41, 5.74) is 1.68. The molecule has 2 N–H and O–H groups in total. The average molecular weight is 357 g/mol. The van der Waals surface area contributed by atoms with Crippen LogP contribution in [0.25, 0.3) is 10.6 Å². The average Bonchev–Trinajstić information content (AvgIpc) is 3.28. The van der Waals surface area contributed by atoms with E-state index in [1.165, 1.54) is 0 Å². The van der Waals surface area contributed by atoms with Crippen LogP contribution < -0.4 is 14.8 Å². The van der Waals surface area contributed by atoms with E-state index in [-0.39, 0.29) is 5.91 Å². The van der Waals surface area contributed by atoms with E-state index in [0.29, 0.717) is 36.1 Å². The smallest absolute Gasteiger partial charge is 0.276 e. The number of hydrogen-bond acceptors (Lipinski definition) is 5. The van der Waals surface area contributed by atoms with Crippen LogP contribution in [0.3, 0.4) is 0 Å². The number of nitrogens with zero attached hydrogens (tertiary/aromatic N) is 1. The Kier molecular flexibility index (Phi) is 5.35. The van der Waals surface area contributed by atoms with E-state index < -0.39 is 0 Å². The Balaban J connectivity index is 1.81. The summed E-state index contributed by atoms with van der Waals surface area (Å²) in [5, 5.41) is 11.8. The lowest BCUT2D eigenvalue weighted by Gasteiger charge is -2.13. The van der Waals surface area contributed by atoms with E-state index in [1.54, 1.807) is 29.5 Å². The van der Waals surface area contributed by atoms with Crippen molar-refractivity contribution in [3.8, 4) is 22.1 Å². The van der Waals surface area contributed by atoms with Gasteiger partial charge in [0.15, 0.2) is 5.69 Å². The zero-order valence-corrected chi connectivity index (χ0v) is 14.9. The molecule has 0 spiro atoms. The fraction of sp³-hybridized carbons (Fsp3) is 0.222. The predicted octanol–water partition coefficient (Wildman–Crippen LogP) is 4.19. The summed E-state index contributed by atoms with van der Waals surface area (Å²) in [6.45, 7) is 4.85. The van der Waals surface area contributed by atoms with Crippen LogP contribution in [0.5, 0.6) is 11.5 Å². The lowest BCUT2D eigenvalue weighted by molar-refractivity contribution is 0.102. The number of amides is 1. The third-order valence-corrected chi connectivity index (χ3v) is 4.31. The van der Waals surface area contributed by atoms with Gasteiger partial charge in [-0.05, 0) is 43.5 Å². The van der Waals surface area contributed by atoms with Crippen molar-refractivity contribution in [3.63, 3.8) is 0 Å². The van der Waals surface area contributed by atoms with Gasteiger partial charge in [-0.2, -0.15) is 5.10 Å². The fourth-order valence-electron chi connectivity index (χ4n) is 2.33. The minimum Gasteiger partial charge on any atom is -0.494 e. The molecule has 3 aromatic rings. The number of rotatable bonds is 7. The van der Waals surface area contributed by atoms with Gasteiger partial charge in [-0.3, -0.25) is 9.89 Å². The molecule has 7 heteroatoms. The van der Waals surface area contributed by atoms with Crippen LogP contribution in [0.2, 0.25) is 0 Å². The van der Waals surface area contributed by atoms with E-state index in [1.807, 2.05) is 37.4 Å². The van der Waals surface area contributed by atoms with Crippen LogP contribution in [0.4, 0.5) is 5.69 Å². The van der Waals surface area contributed by atoms with Crippen LogP contribution in [0.1, 0.15) is 24.3 Å². The highest BCUT2D eigenvalue weighted by Gasteiger charge is 2.15. The van der Waals surface area contributed by atoms with Gasteiger partial charge in [0.25, 0.3) is 5.91 Å². The fourth-order valence-corrected chi connectivity index (χ4v) is 3.02. The highest BCUT2D eigenvalue weighted by atomic mass is 32.1. The number of thiophene rings is 1. The number of H-pyrrole nitrogens is 1. The third-order valence-electron chi connectivity index (χ3n) is 3.41. The molecule has 0 fully saturated rings. The Morgan fingerprint density at radius 1 is 1.20 bits per heavy atom. The SMILES string of the molecule is CCOc1ccc(OCC)c(NC(=O)c2cc(-c3cccs3)[nH]n2)c1. The molecular formula is C18H19N3O3S. The van der Waals surface area contributed by atoms with Crippen molar-refractivity contribution >= 4 is 22.9 Å². The molecule has 2 aromatic heterocycles. The Hall–Kier alpha value is -2.80. The Labute approximate surface area is 149 Å². The largest absolute Gasteiger partial charge is 0.494 e. The van der Waals surface area contributed by atoms with Crippen LogP contribution in [0.15, 0.2) is 41.8 Å². The molecule has 1 amide bonds. The van der Waals surface area contributed by atoms with Crippen LogP contribution in [-0.4, -0.2) is 29.3 Å². The Morgan fingerprint density at radius 3 is 2.76 bits per heavy atom. The maximum Gasteiger partial charge on any atom is 0.276 e. The molecule has 130 valence electrons. The zero-order valence-electron chi connectivity index (χ0n) is 14.0. The van der Waals surface area contributed by atoms with Gasteiger partial charge >= 0.3 is 0 Å². The van der Waals surface area contributed by atoms with Gasteiger partial charge in [0.1, 0.15) is 11.5 Å². The number of anilines is 1. The highest BCUT2D eigenvalue weighted by Crippen LogP contribution is 2.30. The molecule has 0 saturated heterocycles. The summed E-state index contributed by atoms with van der Waals surface area (Å²) in [4.78, 5) is 13.6. The number of carbonyl (C=O) groups excluding carboxylic acids is 1. The number of aromatic nitrogens is 2. The number of aromatic amines is 1. The van der Waals surface area contributed by atoms with Gasteiger partial charge in [-0.1, -0.05) is 6.07 Å². The maximum absolute atomic E-state index is 12.5. The first-order valence-electron chi connectivity index (χ1n) is 8.01. The van der Waals surface area contributed by atoms with Gasteiger partial charge in [-0.15, -0.1) is 11.3 Å². The van der Waals surface area contributed by atoms with Crippen LogP contribution >= 0.6 is 11.3 Å². The van der Waals surface area contributed by atoms with Crippen molar-refractivity contribution in [2.75, 3.05) is 18.5 Å². The van der Waals surface area contributed by atoms with Gasteiger partial charge in [0.2, 0.25) is 0 Å². The van der Waals surface area contributed by atoms with E-state index in [2.05, 4.69) is 15.5 Å². The van der Waals surface area contributed by atoms with Gasteiger partial charge in [0, 0.05) is 6.07 Å². The van der Waals surface area contributed by atoms with Crippen LogP contribution in [-0.2, 0) is 0 Å². The van der Waals surface area contributed by atoms with Crippen molar-refractivity contribution < 1.29 is 14.3 Å². The van der Waals surface area contributed by atoms with Gasteiger partial charge in [-0.25, -0.2) is 0 Å². The molecular weight excluding hydrogens is 338 g/mol. The van der Waals surface area contributed by atoms with Crippen LogP contribution in [0, 0.1) is 0 Å². The van der Waals surface area contributed by atoms with Crippen molar-refractivity contribution in [2.45, 2.75) is 13.8 Å². The molecule has 0 atom stereocenters. The first-order chi connectivity index (χ1) is 12.2. The first-order valence-corrected chi connectivity index (χ1v) is 8.89. The number of ether oxygens (including phenoxy) is 2. The summed E-state index contributed by atoms with van der Waals surface area (Å²) in [6, 6.07) is 11.0. The van der Waals surface area contributed by atoms with E-state index in [9.17, 15) is 4.79 Å². The van der Waals surface area contributed by atoms with Gasteiger partial charge in [0.05, 0.1) is 29.5 Å². The van der Waals surface area contributed by atoms with Crippen molar-refractivity contribution in [1.82, 2.24) is 10.2 Å². The Bertz CT molecular complexity index is 843. The molecule has 0 radical (unpaired) electrons.